The first-order valence-corrected chi connectivity index (χ1v) is 8.56. The van der Waals surface area contributed by atoms with Gasteiger partial charge in [0.1, 0.15) is 5.75 Å². The van der Waals surface area contributed by atoms with E-state index in [9.17, 15) is 4.79 Å². The molecule has 0 aromatic heterocycles. The second kappa shape index (κ2) is 7.57. The number of methoxy groups -OCH3 is 1. The number of carbonyl (C=O) groups is 1. The number of hydrogen-bond acceptors (Lipinski definition) is 4. The Kier molecular flexibility index (Phi) is 5.24. The number of likely N-dealkylation sites (N-methyl/N-ethyl adjacent to an activating group) is 1. The molecule has 0 spiro atoms. The molecule has 2 aromatic rings. The number of benzene rings is 2. The van der Waals surface area contributed by atoms with Crippen LogP contribution in [0.3, 0.4) is 0 Å². The molecule has 3 rings (SSSR count). The van der Waals surface area contributed by atoms with E-state index in [1.54, 1.807) is 13.2 Å². The lowest BCUT2D eigenvalue weighted by Crippen LogP contribution is -2.44. The molecule has 0 radical (unpaired) electrons. The molecular weight excluding hydrogens is 314 g/mol. The molecule has 0 unspecified atom stereocenters. The number of nitrogens with one attached hydrogen (secondary N) is 1. The van der Waals surface area contributed by atoms with Crippen LogP contribution in [0.2, 0.25) is 0 Å². The normalized spacial score (nSPS) is 15.1. The van der Waals surface area contributed by atoms with E-state index in [-0.39, 0.29) is 5.91 Å². The number of nitrogens with zero attached hydrogens (tertiary/aromatic N) is 2. The molecule has 1 aliphatic heterocycles. The zero-order valence-electron chi connectivity index (χ0n) is 15.1. The smallest absolute Gasteiger partial charge is 0.255 e. The van der Waals surface area contributed by atoms with Crippen molar-refractivity contribution in [3.63, 3.8) is 0 Å². The highest BCUT2D eigenvalue weighted by molar-refractivity contribution is 6.04. The SMILES string of the molecule is COc1cc(C(=O)Nc2ccc(N3CCN(C)CC3)cc2)ccc1C. The third kappa shape index (κ3) is 4.12. The van der Waals surface area contributed by atoms with Crippen LogP contribution in [0.25, 0.3) is 0 Å². The number of aryl methyl sites for hydroxylation is 1. The molecule has 5 heteroatoms. The van der Waals surface area contributed by atoms with Crippen LogP contribution < -0.4 is 15.0 Å². The lowest BCUT2D eigenvalue weighted by molar-refractivity contribution is 0.102. The van der Waals surface area contributed by atoms with Gasteiger partial charge in [0.25, 0.3) is 5.91 Å². The fourth-order valence-electron chi connectivity index (χ4n) is 2.98. The molecule has 0 aliphatic carbocycles. The van der Waals surface area contributed by atoms with Crippen LogP contribution in [0.5, 0.6) is 5.75 Å². The number of anilines is 2. The van der Waals surface area contributed by atoms with Gasteiger partial charge in [0.2, 0.25) is 0 Å². The molecule has 132 valence electrons. The number of hydrogen-bond donors (Lipinski definition) is 1. The minimum atomic E-state index is -0.134. The maximum absolute atomic E-state index is 12.4. The zero-order valence-corrected chi connectivity index (χ0v) is 15.1. The summed E-state index contributed by atoms with van der Waals surface area (Å²) in [6.45, 7) is 6.18. The van der Waals surface area contributed by atoms with Gasteiger partial charge in [0, 0.05) is 43.1 Å². The molecule has 0 saturated carbocycles. The van der Waals surface area contributed by atoms with Crippen molar-refractivity contribution >= 4 is 17.3 Å². The van der Waals surface area contributed by atoms with E-state index in [0.29, 0.717) is 5.56 Å². The summed E-state index contributed by atoms with van der Waals surface area (Å²) in [5, 5.41) is 2.94. The van der Waals surface area contributed by atoms with Crippen molar-refractivity contribution in [3.05, 3.63) is 53.6 Å². The van der Waals surface area contributed by atoms with E-state index in [2.05, 4.69) is 34.3 Å². The van der Waals surface area contributed by atoms with Gasteiger partial charge < -0.3 is 19.9 Å². The van der Waals surface area contributed by atoms with E-state index in [0.717, 1.165) is 43.2 Å². The highest BCUT2D eigenvalue weighted by Gasteiger charge is 2.14. The summed E-state index contributed by atoms with van der Waals surface area (Å²) in [5.41, 5.74) is 3.59. The summed E-state index contributed by atoms with van der Waals surface area (Å²) in [5.74, 6) is 0.587. The first kappa shape index (κ1) is 17.3. The van der Waals surface area contributed by atoms with E-state index in [1.165, 1.54) is 5.69 Å². The summed E-state index contributed by atoms with van der Waals surface area (Å²) in [6.07, 6.45) is 0. The summed E-state index contributed by atoms with van der Waals surface area (Å²) < 4.78 is 5.29. The van der Waals surface area contributed by atoms with Crippen LogP contribution in [-0.2, 0) is 0 Å². The van der Waals surface area contributed by atoms with Crippen molar-refractivity contribution in [2.45, 2.75) is 6.92 Å². The molecule has 1 saturated heterocycles. The van der Waals surface area contributed by atoms with Gasteiger partial charge in [-0.3, -0.25) is 4.79 Å². The van der Waals surface area contributed by atoms with Gasteiger partial charge in [-0.2, -0.15) is 0 Å². The topological polar surface area (TPSA) is 44.8 Å². The summed E-state index contributed by atoms with van der Waals surface area (Å²) in [4.78, 5) is 17.1. The van der Waals surface area contributed by atoms with E-state index in [1.807, 2.05) is 31.2 Å². The van der Waals surface area contributed by atoms with Crippen molar-refractivity contribution in [1.29, 1.82) is 0 Å². The van der Waals surface area contributed by atoms with Crippen molar-refractivity contribution in [1.82, 2.24) is 4.90 Å². The number of amides is 1. The second-order valence-electron chi connectivity index (χ2n) is 6.48. The molecule has 0 bridgehead atoms. The van der Waals surface area contributed by atoms with Crippen LogP contribution in [0.4, 0.5) is 11.4 Å². The Hall–Kier alpha value is -2.53. The molecule has 1 aliphatic rings. The first-order valence-electron chi connectivity index (χ1n) is 8.56. The fourth-order valence-corrected chi connectivity index (χ4v) is 2.98. The maximum Gasteiger partial charge on any atom is 0.255 e. The van der Waals surface area contributed by atoms with Gasteiger partial charge in [0.15, 0.2) is 0 Å². The Labute approximate surface area is 149 Å². The molecule has 1 fully saturated rings. The third-order valence-corrected chi connectivity index (χ3v) is 4.66. The van der Waals surface area contributed by atoms with Gasteiger partial charge in [-0.25, -0.2) is 0 Å². The van der Waals surface area contributed by atoms with E-state index < -0.39 is 0 Å². The van der Waals surface area contributed by atoms with Crippen molar-refractivity contribution in [2.75, 3.05) is 50.6 Å². The molecule has 1 N–H and O–H groups in total. The predicted molar refractivity (Wildman–Crippen MR) is 102 cm³/mol. The van der Waals surface area contributed by atoms with Crippen LogP contribution in [0.1, 0.15) is 15.9 Å². The highest BCUT2D eigenvalue weighted by Crippen LogP contribution is 2.22. The first-order chi connectivity index (χ1) is 12.1. The van der Waals surface area contributed by atoms with Crippen molar-refractivity contribution in [3.8, 4) is 5.75 Å². The average Bonchev–Trinajstić information content (AvgIpc) is 2.63. The van der Waals surface area contributed by atoms with Crippen molar-refractivity contribution in [2.24, 2.45) is 0 Å². The molecule has 1 amide bonds. The maximum atomic E-state index is 12.4. The molecule has 2 aromatic carbocycles. The molecule has 1 heterocycles. The van der Waals surface area contributed by atoms with Gasteiger partial charge in [-0.15, -0.1) is 0 Å². The molecule has 0 atom stereocenters. The number of rotatable bonds is 4. The monoisotopic (exact) mass is 339 g/mol. The van der Waals surface area contributed by atoms with Crippen LogP contribution in [-0.4, -0.2) is 51.1 Å². The Balaban J connectivity index is 1.66. The number of piperazine rings is 1. The lowest BCUT2D eigenvalue weighted by atomic mass is 10.1. The van der Waals surface area contributed by atoms with E-state index in [4.69, 9.17) is 4.74 Å². The highest BCUT2D eigenvalue weighted by atomic mass is 16.5. The largest absolute Gasteiger partial charge is 0.496 e. The second-order valence-corrected chi connectivity index (χ2v) is 6.48. The summed E-state index contributed by atoms with van der Waals surface area (Å²) in [6, 6.07) is 13.5. The minimum Gasteiger partial charge on any atom is -0.496 e. The van der Waals surface area contributed by atoms with Gasteiger partial charge in [0.05, 0.1) is 7.11 Å². The Bertz CT molecular complexity index is 735. The molecular formula is C20H25N3O2. The van der Waals surface area contributed by atoms with Crippen molar-refractivity contribution < 1.29 is 9.53 Å². The quantitative estimate of drug-likeness (QED) is 0.930. The summed E-state index contributed by atoms with van der Waals surface area (Å²) in [7, 11) is 3.76. The van der Waals surface area contributed by atoms with E-state index >= 15 is 0 Å². The fraction of sp³-hybridized carbons (Fsp3) is 0.350. The van der Waals surface area contributed by atoms with Crippen LogP contribution in [0.15, 0.2) is 42.5 Å². The van der Waals surface area contributed by atoms with Gasteiger partial charge in [-0.05, 0) is 55.9 Å². The third-order valence-electron chi connectivity index (χ3n) is 4.66. The minimum absolute atomic E-state index is 0.134. The molecule has 5 nitrogen and oxygen atoms in total. The molecule has 25 heavy (non-hydrogen) atoms. The van der Waals surface area contributed by atoms with Gasteiger partial charge in [-0.1, -0.05) is 6.07 Å². The van der Waals surface area contributed by atoms with Crippen LogP contribution in [0, 0.1) is 6.92 Å². The van der Waals surface area contributed by atoms with Crippen LogP contribution >= 0.6 is 0 Å². The predicted octanol–water partition coefficient (Wildman–Crippen LogP) is 3.01. The number of ether oxygens (including phenoxy) is 1. The average molecular weight is 339 g/mol. The number of carbonyl (C=O) groups excluding carboxylic acids is 1. The Morgan fingerprint density at radius 1 is 1.04 bits per heavy atom. The van der Waals surface area contributed by atoms with Gasteiger partial charge >= 0.3 is 0 Å². The zero-order chi connectivity index (χ0) is 17.8. The lowest BCUT2D eigenvalue weighted by Gasteiger charge is -2.34. The summed E-state index contributed by atoms with van der Waals surface area (Å²) >= 11 is 0. The Morgan fingerprint density at radius 3 is 2.36 bits per heavy atom. The Morgan fingerprint density at radius 2 is 1.72 bits per heavy atom. The standard InChI is InChI=1S/C20H25N3O2/c1-15-4-5-16(14-19(15)25-3)20(24)21-17-6-8-18(9-7-17)23-12-10-22(2)11-13-23/h4-9,14H,10-13H2,1-3H3,(H,21,24).